The van der Waals surface area contributed by atoms with Gasteiger partial charge in [-0.05, 0) is 73.5 Å². The van der Waals surface area contributed by atoms with E-state index in [1.165, 1.54) is 38.5 Å². The number of rotatable bonds is 1. The summed E-state index contributed by atoms with van der Waals surface area (Å²) in [5.74, 6) is 5.15. The van der Waals surface area contributed by atoms with Gasteiger partial charge in [-0.15, -0.1) is 0 Å². The molecule has 21 heavy (non-hydrogen) atoms. The monoisotopic (exact) mass is 290 g/mol. The fraction of sp³-hybridized carbons (Fsp3) is 1.00. The van der Waals surface area contributed by atoms with E-state index in [9.17, 15) is 0 Å². The number of hydrogen-bond acceptors (Lipinski definition) is 0. The third-order valence-corrected chi connectivity index (χ3v) is 7.91. The molecule has 3 aliphatic rings. The molecule has 0 bridgehead atoms. The van der Waals surface area contributed by atoms with Crippen LogP contribution in [0.3, 0.4) is 0 Å². The summed E-state index contributed by atoms with van der Waals surface area (Å²) in [6, 6.07) is 0. The lowest BCUT2D eigenvalue weighted by Crippen LogP contribution is -2.47. The zero-order valence-electron chi connectivity index (χ0n) is 14.9. The summed E-state index contributed by atoms with van der Waals surface area (Å²) < 4.78 is 0. The third kappa shape index (κ3) is 3.20. The molecule has 0 aromatic carbocycles. The van der Waals surface area contributed by atoms with Crippen molar-refractivity contribution in [2.45, 2.75) is 97.8 Å². The highest BCUT2D eigenvalue weighted by atomic mass is 14.5. The lowest BCUT2D eigenvalue weighted by Gasteiger charge is -2.56. The first kappa shape index (κ1) is 15.9. The average Bonchev–Trinajstić information content (AvgIpc) is 2.58. The van der Waals surface area contributed by atoms with Crippen molar-refractivity contribution in [3.63, 3.8) is 0 Å². The molecule has 3 saturated carbocycles. The van der Waals surface area contributed by atoms with Gasteiger partial charge in [-0.3, -0.25) is 0 Å². The summed E-state index contributed by atoms with van der Waals surface area (Å²) in [5, 5.41) is 0. The second kappa shape index (κ2) is 6.63. The van der Waals surface area contributed by atoms with Crippen molar-refractivity contribution in [2.24, 2.45) is 35.0 Å². The van der Waals surface area contributed by atoms with E-state index in [0.29, 0.717) is 5.41 Å². The zero-order chi connectivity index (χ0) is 14.9. The Balaban J connectivity index is 1.75. The fourth-order valence-electron chi connectivity index (χ4n) is 6.36. The molecule has 0 N–H and O–H groups in total. The van der Waals surface area contributed by atoms with Crippen molar-refractivity contribution in [1.82, 2.24) is 0 Å². The maximum absolute atomic E-state index is 2.71. The Kier molecular flexibility index (Phi) is 5.01. The number of hydrogen-bond donors (Lipinski definition) is 0. The zero-order valence-corrected chi connectivity index (χ0v) is 14.9. The third-order valence-electron chi connectivity index (χ3n) is 7.91. The molecule has 0 amide bonds. The van der Waals surface area contributed by atoms with Gasteiger partial charge in [-0.25, -0.2) is 0 Å². The van der Waals surface area contributed by atoms with Crippen LogP contribution in [0.2, 0.25) is 0 Å². The Morgan fingerprint density at radius 2 is 1.52 bits per heavy atom. The van der Waals surface area contributed by atoms with Crippen LogP contribution in [0.15, 0.2) is 0 Å². The fourth-order valence-corrected chi connectivity index (χ4v) is 6.36. The molecule has 0 spiro atoms. The summed E-state index contributed by atoms with van der Waals surface area (Å²) >= 11 is 0. The van der Waals surface area contributed by atoms with Crippen molar-refractivity contribution >= 4 is 0 Å². The summed E-state index contributed by atoms with van der Waals surface area (Å²) in [6.07, 6.45) is 18.4. The van der Waals surface area contributed by atoms with E-state index in [1.807, 2.05) is 0 Å². The average molecular weight is 291 g/mol. The van der Waals surface area contributed by atoms with Gasteiger partial charge in [-0.2, -0.15) is 0 Å². The molecule has 0 aromatic rings. The van der Waals surface area contributed by atoms with Crippen LogP contribution in [0.1, 0.15) is 97.8 Å². The molecular weight excluding hydrogens is 252 g/mol. The van der Waals surface area contributed by atoms with Gasteiger partial charge in [0.25, 0.3) is 0 Å². The van der Waals surface area contributed by atoms with Gasteiger partial charge in [0.15, 0.2) is 0 Å². The Hall–Kier alpha value is 0. The molecule has 0 saturated heterocycles. The lowest BCUT2D eigenvalue weighted by atomic mass is 9.49. The van der Waals surface area contributed by atoms with Crippen LogP contribution in [0.5, 0.6) is 0 Å². The molecular formula is C21H38. The van der Waals surface area contributed by atoms with Crippen molar-refractivity contribution in [3.05, 3.63) is 0 Å². The molecule has 0 heteroatoms. The second-order valence-corrected chi connectivity index (χ2v) is 9.27. The van der Waals surface area contributed by atoms with E-state index >= 15 is 0 Å². The molecule has 3 aliphatic carbocycles. The molecule has 0 aromatic heterocycles. The molecule has 5 atom stereocenters. The summed E-state index contributed by atoms with van der Waals surface area (Å²) in [6.45, 7) is 7.63. The van der Waals surface area contributed by atoms with Crippen LogP contribution in [-0.4, -0.2) is 0 Å². The quantitative estimate of drug-likeness (QED) is 0.496. The standard InChI is InChI=1S/C21H38/c1-16(2)18-13-14-21(3)19(15-18)12-11-17-9-7-5-4-6-8-10-20(17)21/h16-20H,4-15H2,1-3H3/t17?,18?,19?,20?,21-/m0/s1. The van der Waals surface area contributed by atoms with E-state index in [4.69, 9.17) is 0 Å². The van der Waals surface area contributed by atoms with E-state index < -0.39 is 0 Å². The van der Waals surface area contributed by atoms with Gasteiger partial charge in [0.1, 0.15) is 0 Å². The topological polar surface area (TPSA) is 0 Å². The van der Waals surface area contributed by atoms with Crippen molar-refractivity contribution in [2.75, 3.05) is 0 Å². The van der Waals surface area contributed by atoms with Crippen molar-refractivity contribution in [1.29, 1.82) is 0 Å². The predicted molar refractivity (Wildman–Crippen MR) is 92.3 cm³/mol. The Morgan fingerprint density at radius 3 is 2.29 bits per heavy atom. The summed E-state index contributed by atoms with van der Waals surface area (Å²) in [7, 11) is 0. The molecule has 0 aliphatic heterocycles. The molecule has 4 unspecified atom stereocenters. The summed E-state index contributed by atoms with van der Waals surface area (Å²) in [5.41, 5.74) is 0.707. The first-order valence-electron chi connectivity index (χ1n) is 10.1. The first-order chi connectivity index (χ1) is 10.1. The highest BCUT2D eigenvalue weighted by Gasteiger charge is 2.50. The normalized spacial score (nSPS) is 45.1. The van der Waals surface area contributed by atoms with Gasteiger partial charge >= 0.3 is 0 Å². The molecule has 122 valence electrons. The smallest absolute Gasteiger partial charge is 0.0266 e. The Labute approximate surface area is 133 Å². The largest absolute Gasteiger partial charge is 0.0625 e. The van der Waals surface area contributed by atoms with Gasteiger partial charge in [0, 0.05) is 0 Å². The minimum Gasteiger partial charge on any atom is -0.0625 e. The molecule has 3 fully saturated rings. The Morgan fingerprint density at radius 1 is 0.810 bits per heavy atom. The van der Waals surface area contributed by atoms with E-state index in [2.05, 4.69) is 20.8 Å². The van der Waals surface area contributed by atoms with Crippen LogP contribution in [-0.2, 0) is 0 Å². The highest BCUT2D eigenvalue weighted by molar-refractivity contribution is 4.99. The van der Waals surface area contributed by atoms with Crippen LogP contribution in [0.25, 0.3) is 0 Å². The number of fused-ring (bicyclic) bond motifs is 3. The molecule has 0 nitrogen and oxygen atoms in total. The van der Waals surface area contributed by atoms with Gasteiger partial charge in [0.2, 0.25) is 0 Å². The minimum atomic E-state index is 0.707. The van der Waals surface area contributed by atoms with Crippen LogP contribution in [0.4, 0.5) is 0 Å². The van der Waals surface area contributed by atoms with Crippen molar-refractivity contribution < 1.29 is 0 Å². The summed E-state index contributed by atoms with van der Waals surface area (Å²) in [4.78, 5) is 0. The SMILES string of the molecule is CC(C)C1CC[C@@]2(C)C(CCC3CCCCCCCC32)C1. The van der Waals surface area contributed by atoms with E-state index in [-0.39, 0.29) is 0 Å². The van der Waals surface area contributed by atoms with Gasteiger partial charge < -0.3 is 0 Å². The lowest BCUT2D eigenvalue weighted by molar-refractivity contribution is -0.0621. The van der Waals surface area contributed by atoms with E-state index in [1.54, 1.807) is 38.5 Å². The van der Waals surface area contributed by atoms with Crippen LogP contribution in [0, 0.1) is 35.0 Å². The highest BCUT2D eigenvalue weighted by Crippen LogP contribution is 2.59. The minimum absolute atomic E-state index is 0.707. The van der Waals surface area contributed by atoms with Crippen LogP contribution < -0.4 is 0 Å². The van der Waals surface area contributed by atoms with Crippen molar-refractivity contribution in [3.8, 4) is 0 Å². The molecule has 3 rings (SSSR count). The Bertz CT molecular complexity index is 331. The first-order valence-corrected chi connectivity index (χ1v) is 10.1. The molecule has 0 heterocycles. The van der Waals surface area contributed by atoms with E-state index in [0.717, 1.165) is 29.6 Å². The van der Waals surface area contributed by atoms with Gasteiger partial charge in [0.05, 0.1) is 0 Å². The maximum atomic E-state index is 2.71. The molecule has 0 radical (unpaired) electrons. The van der Waals surface area contributed by atoms with Gasteiger partial charge in [-0.1, -0.05) is 59.3 Å². The second-order valence-electron chi connectivity index (χ2n) is 9.27. The predicted octanol–water partition coefficient (Wildman–Crippen LogP) is 6.84. The van der Waals surface area contributed by atoms with Crippen LogP contribution >= 0.6 is 0 Å². The maximum Gasteiger partial charge on any atom is -0.0266 e.